The molecule has 0 bridgehead atoms. The van der Waals surface area contributed by atoms with Crippen molar-refractivity contribution < 1.29 is 23.8 Å². The van der Waals surface area contributed by atoms with Gasteiger partial charge in [-0.3, -0.25) is 19.5 Å². The van der Waals surface area contributed by atoms with E-state index >= 15 is 0 Å². The molecule has 1 atom stereocenters. The lowest BCUT2D eigenvalue weighted by Gasteiger charge is -2.23. The summed E-state index contributed by atoms with van der Waals surface area (Å²) in [5.41, 5.74) is 1.36. The number of benzene rings is 2. The minimum Gasteiger partial charge on any atom is -0.507 e. The fraction of sp³-hybridized carbons (Fsp3) is 0.179. The average Bonchev–Trinajstić information content (AvgIpc) is 3.53. The molecule has 8 nitrogen and oxygen atoms in total. The van der Waals surface area contributed by atoms with Gasteiger partial charge in [-0.2, -0.15) is 0 Å². The van der Waals surface area contributed by atoms with Crippen LogP contribution in [0.3, 0.4) is 0 Å². The maximum atomic E-state index is 14.1. The maximum absolute atomic E-state index is 14.1. The molecular weight excluding hydrogens is 539 g/mol. The van der Waals surface area contributed by atoms with Gasteiger partial charge in [0.25, 0.3) is 5.78 Å². The lowest BCUT2D eigenvalue weighted by molar-refractivity contribution is -0.132. The Morgan fingerprint density at radius 3 is 2.67 bits per heavy atom. The second kappa shape index (κ2) is 11.7. The van der Waals surface area contributed by atoms with Crippen molar-refractivity contribution in [2.24, 2.45) is 0 Å². The molecule has 0 saturated carbocycles. The summed E-state index contributed by atoms with van der Waals surface area (Å²) in [4.78, 5) is 32.0. The largest absolute Gasteiger partial charge is 0.507 e. The lowest BCUT2D eigenvalue weighted by atomic mass is 9.95. The summed E-state index contributed by atoms with van der Waals surface area (Å²) in [7, 11) is 0. The van der Waals surface area contributed by atoms with Crippen molar-refractivity contribution in [3.8, 4) is 5.75 Å². The van der Waals surface area contributed by atoms with Gasteiger partial charge in [0.05, 0.1) is 18.2 Å². The SMILES string of the molecule is CCCOc1cccc(C2/C(=C(\O)c3ccncc3)C(=O)C(=O)N2c2nnc(SCc3ccccc3F)s2)c1. The van der Waals surface area contributed by atoms with Crippen LogP contribution in [0.5, 0.6) is 5.75 Å². The predicted molar refractivity (Wildman–Crippen MR) is 147 cm³/mol. The highest BCUT2D eigenvalue weighted by molar-refractivity contribution is 8.00. The second-order valence-corrected chi connectivity index (χ2v) is 10.7. The first kappa shape index (κ1) is 26.5. The van der Waals surface area contributed by atoms with Crippen molar-refractivity contribution in [1.29, 1.82) is 0 Å². The van der Waals surface area contributed by atoms with Crippen LogP contribution in [0.1, 0.15) is 36.1 Å². The van der Waals surface area contributed by atoms with Gasteiger partial charge < -0.3 is 9.84 Å². The van der Waals surface area contributed by atoms with Crippen LogP contribution < -0.4 is 9.64 Å². The molecule has 1 fully saturated rings. The van der Waals surface area contributed by atoms with Gasteiger partial charge in [-0.15, -0.1) is 10.2 Å². The van der Waals surface area contributed by atoms with E-state index in [-0.39, 0.29) is 22.3 Å². The van der Waals surface area contributed by atoms with Crippen LogP contribution in [0.15, 0.2) is 83.0 Å². The molecule has 0 spiro atoms. The molecule has 4 aromatic rings. The van der Waals surface area contributed by atoms with Crippen LogP contribution >= 0.6 is 23.1 Å². The highest BCUT2D eigenvalue weighted by Crippen LogP contribution is 2.44. The molecule has 11 heteroatoms. The molecule has 39 heavy (non-hydrogen) atoms. The normalized spacial score (nSPS) is 16.6. The number of Topliss-reactive ketones (excluding diaryl/α,β-unsaturated/α-hetero) is 1. The number of hydrogen-bond acceptors (Lipinski definition) is 9. The van der Waals surface area contributed by atoms with E-state index in [0.717, 1.165) is 17.8 Å². The minimum atomic E-state index is -0.972. The van der Waals surface area contributed by atoms with E-state index in [1.807, 2.05) is 6.92 Å². The lowest BCUT2D eigenvalue weighted by Crippen LogP contribution is -2.29. The van der Waals surface area contributed by atoms with Crippen molar-refractivity contribution in [1.82, 2.24) is 15.2 Å². The first-order valence-corrected chi connectivity index (χ1v) is 13.9. The number of ether oxygens (including phenoxy) is 1. The van der Waals surface area contributed by atoms with Gasteiger partial charge in [0, 0.05) is 23.7 Å². The van der Waals surface area contributed by atoms with E-state index in [0.29, 0.717) is 39.1 Å². The highest BCUT2D eigenvalue weighted by atomic mass is 32.2. The van der Waals surface area contributed by atoms with Gasteiger partial charge in [-0.1, -0.05) is 60.4 Å². The third-order valence-electron chi connectivity index (χ3n) is 5.96. The molecule has 1 unspecified atom stereocenters. The van der Waals surface area contributed by atoms with Gasteiger partial charge in [0.15, 0.2) is 4.34 Å². The van der Waals surface area contributed by atoms with Gasteiger partial charge in [-0.05, 0) is 47.9 Å². The van der Waals surface area contributed by atoms with Crippen LogP contribution in [0.4, 0.5) is 9.52 Å². The molecule has 1 aliphatic rings. The second-order valence-electron chi connectivity index (χ2n) is 8.56. The number of carbonyl (C=O) groups excluding carboxylic acids is 2. The van der Waals surface area contributed by atoms with Crippen molar-refractivity contribution in [2.75, 3.05) is 11.5 Å². The number of rotatable bonds is 9. The van der Waals surface area contributed by atoms with Gasteiger partial charge in [0.1, 0.15) is 17.3 Å². The van der Waals surface area contributed by atoms with Crippen LogP contribution in [0.25, 0.3) is 5.76 Å². The summed E-state index contributed by atoms with van der Waals surface area (Å²) in [6.07, 6.45) is 3.79. The molecule has 1 aliphatic heterocycles. The number of nitrogens with zero attached hydrogens (tertiary/aromatic N) is 4. The van der Waals surface area contributed by atoms with Crippen LogP contribution in [-0.4, -0.2) is 38.6 Å². The molecule has 2 aromatic heterocycles. The summed E-state index contributed by atoms with van der Waals surface area (Å²) in [6, 6.07) is 15.7. The number of aliphatic hydroxyl groups excluding tert-OH is 1. The molecule has 1 saturated heterocycles. The quantitative estimate of drug-likeness (QED) is 0.0900. The Labute approximate surface area is 232 Å². The van der Waals surface area contributed by atoms with E-state index in [1.165, 1.54) is 35.1 Å². The number of anilines is 1. The van der Waals surface area contributed by atoms with Gasteiger partial charge in [0.2, 0.25) is 5.13 Å². The van der Waals surface area contributed by atoms with Crippen LogP contribution in [-0.2, 0) is 15.3 Å². The smallest absolute Gasteiger partial charge is 0.301 e. The maximum Gasteiger partial charge on any atom is 0.301 e. The molecule has 0 radical (unpaired) electrons. The molecular formula is C28H23FN4O4S2. The fourth-order valence-corrected chi connectivity index (χ4v) is 5.97. The monoisotopic (exact) mass is 562 g/mol. The predicted octanol–water partition coefficient (Wildman–Crippen LogP) is 5.78. The average molecular weight is 563 g/mol. The molecule has 2 aromatic carbocycles. The first-order chi connectivity index (χ1) is 19.0. The number of aromatic nitrogens is 3. The Hall–Kier alpha value is -4.09. The Morgan fingerprint density at radius 2 is 1.90 bits per heavy atom. The minimum absolute atomic E-state index is 0.0744. The Balaban J connectivity index is 1.54. The zero-order valence-electron chi connectivity index (χ0n) is 20.8. The van der Waals surface area contributed by atoms with E-state index in [1.54, 1.807) is 54.6 Å². The van der Waals surface area contributed by atoms with Crippen molar-refractivity contribution >= 4 is 45.7 Å². The molecule has 0 aliphatic carbocycles. The number of thioether (sulfide) groups is 1. The number of hydrogen-bond donors (Lipinski definition) is 1. The summed E-state index contributed by atoms with van der Waals surface area (Å²) < 4.78 is 20.4. The van der Waals surface area contributed by atoms with Crippen LogP contribution in [0.2, 0.25) is 0 Å². The fourth-order valence-electron chi connectivity index (χ4n) is 4.12. The molecule has 3 heterocycles. The zero-order chi connectivity index (χ0) is 27.4. The number of amides is 1. The third kappa shape index (κ3) is 5.55. The molecule has 198 valence electrons. The summed E-state index contributed by atoms with van der Waals surface area (Å²) >= 11 is 2.39. The topological polar surface area (TPSA) is 106 Å². The van der Waals surface area contributed by atoms with E-state index in [9.17, 15) is 19.1 Å². The number of aliphatic hydroxyl groups is 1. The summed E-state index contributed by atoms with van der Waals surface area (Å²) in [6.45, 7) is 2.49. The van der Waals surface area contributed by atoms with E-state index < -0.39 is 17.7 Å². The zero-order valence-corrected chi connectivity index (χ0v) is 22.4. The highest BCUT2D eigenvalue weighted by Gasteiger charge is 2.48. The van der Waals surface area contributed by atoms with Crippen LogP contribution in [0, 0.1) is 5.82 Å². The van der Waals surface area contributed by atoms with E-state index in [4.69, 9.17) is 4.74 Å². The summed E-state index contributed by atoms with van der Waals surface area (Å²) in [5.74, 6) is -1.42. The Morgan fingerprint density at radius 1 is 1.10 bits per heavy atom. The van der Waals surface area contributed by atoms with Crippen molar-refractivity contribution in [3.05, 3.63) is 101 Å². The van der Waals surface area contributed by atoms with Gasteiger partial charge in [-0.25, -0.2) is 4.39 Å². The number of pyridine rings is 1. The third-order valence-corrected chi connectivity index (χ3v) is 8.06. The number of ketones is 1. The standard InChI is InChI=1S/C28H23FN4O4S2/c1-2-14-37-20-8-5-7-18(15-20)23-22(24(34)17-10-12-30-13-11-17)25(35)26(36)33(23)27-31-32-28(39-27)38-16-19-6-3-4-9-21(19)29/h3-13,15,23,34H,2,14,16H2,1H3/b24-22+. The molecule has 1 N–H and O–H groups in total. The number of carbonyl (C=O) groups is 2. The Kier molecular flexibility index (Phi) is 7.99. The number of halogens is 1. The molecule has 1 amide bonds. The van der Waals surface area contributed by atoms with Crippen molar-refractivity contribution in [3.63, 3.8) is 0 Å². The first-order valence-electron chi connectivity index (χ1n) is 12.1. The van der Waals surface area contributed by atoms with Crippen molar-refractivity contribution in [2.45, 2.75) is 29.5 Å². The summed E-state index contributed by atoms with van der Waals surface area (Å²) in [5, 5.41) is 19.8. The Bertz CT molecular complexity index is 1540. The van der Waals surface area contributed by atoms with Gasteiger partial charge >= 0.3 is 5.91 Å². The molecule has 5 rings (SSSR count). The van der Waals surface area contributed by atoms with E-state index in [2.05, 4.69) is 15.2 Å².